The van der Waals surface area contributed by atoms with Gasteiger partial charge in [-0.25, -0.2) is 4.99 Å². The number of carbonyl (C=O) groups is 2. The first-order valence-electron chi connectivity index (χ1n) is 16.3. The number of aliphatic hydroxyl groups excluding tert-OH is 1. The molecule has 2 heterocycles. The first kappa shape index (κ1) is 41.1. The SMILES string of the molecule is C=N/C=C(/C)C(=Nc1ccnc(C(C)(C)C)c1)Nc1ccc2c(c1)CCN(CCC1CCC(O)C1)C2.CC(C)NC=O.CN.NC=O. The smallest absolute Gasteiger partial charge is 0.207 e. The van der Waals surface area contributed by atoms with E-state index < -0.39 is 0 Å². The van der Waals surface area contributed by atoms with Crippen molar-refractivity contribution in [1.82, 2.24) is 15.2 Å². The molecule has 11 nitrogen and oxygen atoms in total. The van der Waals surface area contributed by atoms with Crippen LogP contribution < -0.4 is 22.1 Å². The molecule has 2 atom stereocenters. The van der Waals surface area contributed by atoms with Crippen molar-refractivity contribution in [2.45, 2.75) is 97.8 Å². The third-order valence-electron chi connectivity index (χ3n) is 7.74. The molecule has 2 unspecified atom stereocenters. The Bertz CT molecular complexity index is 1300. The summed E-state index contributed by atoms with van der Waals surface area (Å²) in [4.78, 5) is 34.1. The molecule has 11 heteroatoms. The van der Waals surface area contributed by atoms with Gasteiger partial charge in [0.2, 0.25) is 12.8 Å². The van der Waals surface area contributed by atoms with E-state index in [9.17, 15) is 9.90 Å². The number of anilines is 1. The van der Waals surface area contributed by atoms with Crippen molar-refractivity contribution in [3.05, 3.63) is 65.1 Å². The van der Waals surface area contributed by atoms with E-state index in [0.29, 0.717) is 12.3 Å². The molecule has 0 saturated heterocycles. The fourth-order valence-corrected chi connectivity index (χ4v) is 5.27. The quantitative estimate of drug-likeness (QED) is 0.147. The van der Waals surface area contributed by atoms with Gasteiger partial charge in [0.1, 0.15) is 5.84 Å². The van der Waals surface area contributed by atoms with E-state index in [1.165, 1.54) is 31.0 Å². The van der Waals surface area contributed by atoms with Crippen molar-refractivity contribution in [2.24, 2.45) is 27.4 Å². The maximum atomic E-state index is 9.80. The van der Waals surface area contributed by atoms with Crippen LogP contribution in [0, 0.1) is 5.92 Å². The summed E-state index contributed by atoms with van der Waals surface area (Å²) in [6, 6.07) is 10.9. The molecule has 7 N–H and O–H groups in total. The second-order valence-corrected chi connectivity index (χ2v) is 12.9. The lowest BCUT2D eigenvalue weighted by molar-refractivity contribution is -0.110. The lowest BCUT2D eigenvalue weighted by Gasteiger charge is -2.30. The molecule has 1 saturated carbocycles. The first-order valence-corrected chi connectivity index (χ1v) is 16.3. The molecule has 1 aromatic heterocycles. The second-order valence-electron chi connectivity index (χ2n) is 12.9. The molecule has 1 aliphatic heterocycles. The lowest BCUT2D eigenvalue weighted by atomic mass is 9.91. The van der Waals surface area contributed by atoms with Gasteiger partial charge in [0.05, 0.1) is 11.8 Å². The number of fused-ring (bicyclic) bond motifs is 1. The number of primary amides is 1. The number of pyridine rings is 1. The molecule has 1 fully saturated rings. The summed E-state index contributed by atoms with van der Waals surface area (Å²) in [5.41, 5.74) is 15.2. The van der Waals surface area contributed by atoms with Gasteiger partial charge in [-0.2, -0.15) is 0 Å². The minimum absolute atomic E-state index is 0.0442. The molecule has 47 heavy (non-hydrogen) atoms. The zero-order valence-corrected chi connectivity index (χ0v) is 29.5. The highest BCUT2D eigenvalue weighted by molar-refractivity contribution is 6.08. The molecule has 0 bridgehead atoms. The molecule has 2 aromatic rings. The monoisotopic (exact) mass is 650 g/mol. The Morgan fingerprint density at radius 1 is 1.17 bits per heavy atom. The van der Waals surface area contributed by atoms with Gasteiger partial charge in [-0.3, -0.25) is 24.5 Å². The Labute approximate surface area is 282 Å². The Kier molecular flexibility index (Phi) is 19.0. The largest absolute Gasteiger partial charge is 0.393 e. The number of hydrogen-bond acceptors (Lipinski definition) is 8. The molecule has 2 amide bonds. The number of nitrogens with two attached hydrogens (primary N) is 2. The number of hydrogen-bond donors (Lipinski definition) is 5. The molecule has 1 aliphatic carbocycles. The van der Waals surface area contributed by atoms with E-state index in [4.69, 9.17) is 9.79 Å². The second kappa shape index (κ2) is 21.8. The summed E-state index contributed by atoms with van der Waals surface area (Å²) < 4.78 is 0. The molecule has 260 valence electrons. The topological polar surface area (TPSA) is 171 Å². The average Bonchev–Trinajstić information content (AvgIpc) is 3.46. The minimum atomic E-state index is -0.0729. The van der Waals surface area contributed by atoms with E-state index in [-0.39, 0.29) is 24.0 Å². The Hall–Kier alpha value is -3.93. The fraction of sp³-hybridized carbons (Fsp3) is 0.528. The Morgan fingerprint density at radius 2 is 1.87 bits per heavy atom. The van der Waals surface area contributed by atoms with Gasteiger partial charge in [0.15, 0.2) is 0 Å². The summed E-state index contributed by atoms with van der Waals surface area (Å²) in [6.07, 6.45) is 9.81. The van der Waals surface area contributed by atoms with Crippen molar-refractivity contribution in [2.75, 3.05) is 25.5 Å². The van der Waals surface area contributed by atoms with Gasteiger partial charge in [-0.05, 0) is 114 Å². The first-order chi connectivity index (χ1) is 22.4. The van der Waals surface area contributed by atoms with Crippen LogP contribution in [0.1, 0.15) is 84.0 Å². The molecule has 4 rings (SSSR count). The van der Waals surface area contributed by atoms with E-state index in [0.717, 1.165) is 67.4 Å². The lowest BCUT2D eigenvalue weighted by Crippen LogP contribution is -2.32. The van der Waals surface area contributed by atoms with Crippen LogP contribution in [0.2, 0.25) is 0 Å². The van der Waals surface area contributed by atoms with Crippen LogP contribution in [0.5, 0.6) is 0 Å². The third kappa shape index (κ3) is 15.5. The van der Waals surface area contributed by atoms with Crippen molar-refractivity contribution < 1.29 is 14.7 Å². The molecule has 0 spiro atoms. The predicted molar refractivity (Wildman–Crippen MR) is 195 cm³/mol. The van der Waals surface area contributed by atoms with Gasteiger partial charge < -0.3 is 27.2 Å². The summed E-state index contributed by atoms with van der Waals surface area (Å²) in [5, 5.41) is 15.9. The number of benzene rings is 1. The normalized spacial score (nSPS) is 17.8. The number of aromatic nitrogens is 1. The van der Waals surface area contributed by atoms with Gasteiger partial charge in [0.25, 0.3) is 0 Å². The van der Waals surface area contributed by atoms with Crippen LogP contribution in [-0.4, -0.2) is 72.6 Å². The zero-order chi connectivity index (χ0) is 35.4. The standard InChI is InChI=1S/C30H41N5O.C4H9NO.CH3NO.CH5N/c1-21(19-31-5)29(34-26-10-13-32-28(18-26)30(2,3)4)33-25-8-7-24-20-35(15-12-23(24)17-25)14-11-22-6-9-27(36)16-22;1-4(2)5-3-6;2-1-3;1-2/h7-8,10,13,17-19,22,27,36H,5-6,9,11-12,14-16,20H2,1-4H3,(H,32,33,34);3-4H,1-2H3,(H,5,6);1H,(H2,2,3);2H2,1H3/b21-19-;;;. The van der Waals surface area contributed by atoms with Crippen molar-refractivity contribution in [3.8, 4) is 0 Å². The zero-order valence-electron chi connectivity index (χ0n) is 29.5. The van der Waals surface area contributed by atoms with Crippen LogP contribution >= 0.6 is 0 Å². The van der Waals surface area contributed by atoms with Gasteiger partial charge >= 0.3 is 0 Å². The van der Waals surface area contributed by atoms with Crippen LogP contribution in [0.3, 0.4) is 0 Å². The number of nitrogens with one attached hydrogen (secondary N) is 2. The number of aliphatic hydroxyl groups is 1. The van der Waals surface area contributed by atoms with Crippen LogP contribution in [0.25, 0.3) is 0 Å². The highest BCUT2D eigenvalue weighted by Gasteiger charge is 2.24. The van der Waals surface area contributed by atoms with Gasteiger partial charge in [0, 0.05) is 53.9 Å². The van der Waals surface area contributed by atoms with Crippen LogP contribution in [-0.2, 0) is 28.0 Å². The van der Waals surface area contributed by atoms with Crippen molar-refractivity contribution in [3.63, 3.8) is 0 Å². The number of carbonyl (C=O) groups excluding carboxylic acids is 2. The maximum Gasteiger partial charge on any atom is 0.207 e. The van der Waals surface area contributed by atoms with E-state index >= 15 is 0 Å². The van der Waals surface area contributed by atoms with E-state index in [1.54, 1.807) is 6.20 Å². The van der Waals surface area contributed by atoms with E-state index in [2.05, 4.69) is 82.7 Å². The number of amides is 2. The number of nitrogens with zero attached hydrogens (tertiary/aromatic N) is 4. The van der Waals surface area contributed by atoms with Crippen LogP contribution in [0.15, 0.2) is 58.3 Å². The Morgan fingerprint density at radius 3 is 2.43 bits per heavy atom. The maximum absolute atomic E-state index is 9.80. The predicted octanol–water partition coefficient (Wildman–Crippen LogP) is 4.85. The summed E-state index contributed by atoms with van der Waals surface area (Å²) in [6.45, 7) is 19.1. The van der Waals surface area contributed by atoms with Crippen molar-refractivity contribution in [1.29, 1.82) is 0 Å². The van der Waals surface area contributed by atoms with Gasteiger partial charge in [-0.1, -0.05) is 26.8 Å². The summed E-state index contributed by atoms with van der Waals surface area (Å²) in [7, 11) is 1.50. The highest BCUT2D eigenvalue weighted by atomic mass is 16.3. The molecule has 0 radical (unpaired) electrons. The number of amidine groups is 1. The molecule has 2 aliphatic rings. The minimum Gasteiger partial charge on any atom is -0.393 e. The van der Waals surface area contributed by atoms with E-state index in [1.807, 2.05) is 39.1 Å². The van der Waals surface area contributed by atoms with Gasteiger partial charge in [-0.15, -0.1) is 0 Å². The van der Waals surface area contributed by atoms with Crippen molar-refractivity contribution >= 4 is 36.7 Å². The average molecular weight is 651 g/mol. The third-order valence-corrected chi connectivity index (χ3v) is 7.74. The number of rotatable bonds is 9. The number of aliphatic imine (C=N–C) groups is 2. The molecule has 1 aromatic carbocycles. The highest BCUT2D eigenvalue weighted by Crippen LogP contribution is 2.30. The molecular weight excluding hydrogens is 592 g/mol. The van der Waals surface area contributed by atoms with Crippen LogP contribution in [0.4, 0.5) is 11.4 Å². The summed E-state index contributed by atoms with van der Waals surface area (Å²) in [5.74, 6) is 1.44. The Balaban J connectivity index is 0.000000878. The summed E-state index contributed by atoms with van der Waals surface area (Å²) >= 11 is 0. The fourth-order valence-electron chi connectivity index (χ4n) is 5.27. The molecular formula is C36H58N8O3.